The van der Waals surface area contributed by atoms with Gasteiger partial charge in [0.1, 0.15) is 0 Å². The maximum atomic E-state index is 4.69. The van der Waals surface area contributed by atoms with Gasteiger partial charge in [0.2, 0.25) is 0 Å². The Balaban J connectivity index is 1.89. The Kier molecular flexibility index (Phi) is 3.20. The van der Waals surface area contributed by atoms with Gasteiger partial charge in [0.25, 0.3) is 0 Å². The lowest BCUT2D eigenvalue weighted by Gasteiger charge is -2.15. The van der Waals surface area contributed by atoms with Crippen molar-refractivity contribution in [2.45, 2.75) is 0 Å². The van der Waals surface area contributed by atoms with Gasteiger partial charge in [-0.2, -0.15) is 0 Å². The standard InChI is InChI=1S/C26H16N2/c1-3-10-20-17(7-1)15-18-8-2-4-11-21(18)24(20)23-16-19-9-5-13-27-25(19)26-22(23)12-6-14-28-26/h1-16H. The van der Waals surface area contributed by atoms with E-state index < -0.39 is 0 Å². The van der Waals surface area contributed by atoms with E-state index in [0.29, 0.717) is 0 Å². The van der Waals surface area contributed by atoms with Crippen LogP contribution in [0.4, 0.5) is 0 Å². The molecular formula is C26H16N2. The first-order valence-electron chi connectivity index (χ1n) is 9.43. The van der Waals surface area contributed by atoms with E-state index in [1.807, 2.05) is 24.5 Å². The van der Waals surface area contributed by atoms with Gasteiger partial charge < -0.3 is 0 Å². The van der Waals surface area contributed by atoms with Crippen LogP contribution in [0.3, 0.4) is 0 Å². The van der Waals surface area contributed by atoms with Crippen molar-refractivity contribution in [1.29, 1.82) is 0 Å². The molecule has 2 heteroatoms. The van der Waals surface area contributed by atoms with Crippen molar-refractivity contribution >= 4 is 43.4 Å². The summed E-state index contributed by atoms with van der Waals surface area (Å²) in [6.45, 7) is 0. The largest absolute Gasteiger partial charge is 0.254 e. The average Bonchev–Trinajstić information content (AvgIpc) is 2.77. The molecule has 0 saturated carbocycles. The van der Waals surface area contributed by atoms with Crippen LogP contribution in [-0.2, 0) is 0 Å². The number of aromatic nitrogens is 2. The minimum atomic E-state index is 0.950. The summed E-state index contributed by atoms with van der Waals surface area (Å²) in [5, 5.41) is 7.26. The molecule has 0 amide bonds. The molecule has 0 N–H and O–H groups in total. The summed E-state index contributed by atoms with van der Waals surface area (Å²) >= 11 is 0. The third kappa shape index (κ3) is 2.15. The molecule has 0 unspecified atom stereocenters. The average molecular weight is 356 g/mol. The number of benzene rings is 4. The van der Waals surface area contributed by atoms with Gasteiger partial charge in [0.05, 0.1) is 11.0 Å². The van der Waals surface area contributed by atoms with Gasteiger partial charge in [-0.15, -0.1) is 0 Å². The van der Waals surface area contributed by atoms with Crippen molar-refractivity contribution < 1.29 is 0 Å². The van der Waals surface area contributed by atoms with Crippen molar-refractivity contribution in [3.05, 3.63) is 97.3 Å². The van der Waals surface area contributed by atoms with E-state index in [0.717, 1.165) is 21.8 Å². The lowest BCUT2D eigenvalue weighted by atomic mass is 9.89. The van der Waals surface area contributed by atoms with Crippen LogP contribution in [0.2, 0.25) is 0 Å². The van der Waals surface area contributed by atoms with Crippen LogP contribution in [-0.4, -0.2) is 9.97 Å². The summed E-state index contributed by atoms with van der Waals surface area (Å²) < 4.78 is 0. The molecule has 2 heterocycles. The van der Waals surface area contributed by atoms with E-state index in [9.17, 15) is 0 Å². The highest BCUT2D eigenvalue weighted by molar-refractivity contribution is 6.19. The van der Waals surface area contributed by atoms with Gasteiger partial charge in [-0.25, -0.2) is 0 Å². The van der Waals surface area contributed by atoms with Crippen LogP contribution in [0, 0.1) is 0 Å². The van der Waals surface area contributed by atoms with E-state index in [2.05, 4.69) is 77.8 Å². The minimum absolute atomic E-state index is 0.950. The van der Waals surface area contributed by atoms with E-state index >= 15 is 0 Å². The van der Waals surface area contributed by atoms with E-state index in [1.54, 1.807) is 0 Å². The smallest absolute Gasteiger partial charge is 0.0970 e. The molecule has 0 radical (unpaired) electrons. The van der Waals surface area contributed by atoms with Gasteiger partial charge in [-0.3, -0.25) is 9.97 Å². The molecule has 2 nitrogen and oxygen atoms in total. The zero-order valence-electron chi connectivity index (χ0n) is 15.1. The first kappa shape index (κ1) is 15.3. The maximum absolute atomic E-state index is 4.69. The molecule has 0 spiro atoms. The number of pyridine rings is 2. The maximum Gasteiger partial charge on any atom is 0.0970 e. The van der Waals surface area contributed by atoms with Gasteiger partial charge in [0.15, 0.2) is 0 Å². The Bertz CT molecular complexity index is 1460. The van der Waals surface area contributed by atoms with Crippen molar-refractivity contribution in [3.8, 4) is 11.1 Å². The van der Waals surface area contributed by atoms with Gasteiger partial charge >= 0.3 is 0 Å². The highest BCUT2D eigenvalue weighted by atomic mass is 14.7. The Morgan fingerprint density at radius 3 is 1.79 bits per heavy atom. The molecule has 2 aromatic heterocycles. The molecular weight excluding hydrogens is 340 g/mol. The van der Waals surface area contributed by atoms with Crippen LogP contribution in [0.1, 0.15) is 0 Å². The molecule has 6 rings (SSSR count). The summed E-state index contributed by atoms with van der Waals surface area (Å²) in [7, 11) is 0. The number of fused-ring (bicyclic) bond motifs is 5. The summed E-state index contributed by atoms with van der Waals surface area (Å²) in [6, 6.07) is 30.1. The SMILES string of the molecule is c1ccc2c(-c3cc4cccnc4c4ncccc34)c3ccccc3cc2c1. The molecule has 0 aliphatic heterocycles. The summed E-state index contributed by atoms with van der Waals surface area (Å²) in [6.07, 6.45) is 3.69. The second-order valence-corrected chi connectivity index (χ2v) is 7.09. The summed E-state index contributed by atoms with van der Waals surface area (Å²) in [4.78, 5) is 9.30. The van der Waals surface area contributed by atoms with E-state index in [1.165, 1.54) is 32.7 Å². The molecule has 0 saturated heterocycles. The molecule has 4 aromatic carbocycles. The first-order chi connectivity index (χ1) is 13.9. The van der Waals surface area contributed by atoms with Crippen LogP contribution in [0.5, 0.6) is 0 Å². The second-order valence-electron chi connectivity index (χ2n) is 7.09. The fourth-order valence-corrected chi connectivity index (χ4v) is 4.29. The van der Waals surface area contributed by atoms with Crippen LogP contribution < -0.4 is 0 Å². The first-order valence-corrected chi connectivity index (χ1v) is 9.43. The quantitative estimate of drug-likeness (QED) is 0.240. The Morgan fingerprint density at radius 1 is 0.464 bits per heavy atom. The number of hydrogen-bond donors (Lipinski definition) is 0. The lowest BCUT2D eigenvalue weighted by molar-refractivity contribution is 1.37. The Morgan fingerprint density at radius 2 is 1.04 bits per heavy atom. The van der Waals surface area contributed by atoms with Crippen molar-refractivity contribution in [2.75, 3.05) is 0 Å². The molecule has 0 bridgehead atoms. The zero-order chi connectivity index (χ0) is 18.5. The zero-order valence-corrected chi connectivity index (χ0v) is 15.1. The van der Waals surface area contributed by atoms with E-state index in [4.69, 9.17) is 4.98 Å². The molecule has 28 heavy (non-hydrogen) atoms. The van der Waals surface area contributed by atoms with Gasteiger partial charge in [-0.05, 0) is 56.9 Å². The highest BCUT2D eigenvalue weighted by Crippen LogP contribution is 2.41. The highest BCUT2D eigenvalue weighted by Gasteiger charge is 2.15. The predicted molar refractivity (Wildman–Crippen MR) is 117 cm³/mol. The van der Waals surface area contributed by atoms with Crippen molar-refractivity contribution in [2.24, 2.45) is 0 Å². The van der Waals surface area contributed by atoms with Crippen LogP contribution in [0.25, 0.3) is 54.5 Å². The molecule has 0 fully saturated rings. The fourth-order valence-electron chi connectivity index (χ4n) is 4.29. The summed E-state index contributed by atoms with van der Waals surface area (Å²) in [5.74, 6) is 0. The van der Waals surface area contributed by atoms with Crippen LogP contribution in [0.15, 0.2) is 97.3 Å². The number of rotatable bonds is 1. The lowest BCUT2D eigenvalue weighted by Crippen LogP contribution is -1.91. The normalized spacial score (nSPS) is 11.6. The van der Waals surface area contributed by atoms with Gasteiger partial charge in [0, 0.05) is 23.2 Å². The predicted octanol–water partition coefficient (Wildman–Crippen LogP) is 6.76. The third-order valence-corrected chi connectivity index (χ3v) is 5.50. The third-order valence-electron chi connectivity index (χ3n) is 5.50. The molecule has 6 aromatic rings. The second kappa shape index (κ2) is 5.86. The number of nitrogens with zero attached hydrogens (tertiary/aromatic N) is 2. The van der Waals surface area contributed by atoms with E-state index in [-0.39, 0.29) is 0 Å². The Hall–Kier alpha value is -3.78. The molecule has 0 aliphatic rings. The molecule has 130 valence electrons. The number of hydrogen-bond acceptors (Lipinski definition) is 2. The molecule has 0 atom stereocenters. The molecule has 0 aliphatic carbocycles. The van der Waals surface area contributed by atoms with Gasteiger partial charge in [-0.1, -0.05) is 60.7 Å². The monoisotopic (exact) mass is 356 g/mol. The van der Waals surface area contributed by atoms with Crippen molar-refractivity contribution in [3.63, 3.8) is 0 Å². The van der Waals surface area contributed by atoms with Crippen LogP contribution >= 0.6 is 0 Å². The van der Waals surface area contributed by atoms with Crippen molar-refractivity contribution in [1.82, 2.24) is 9.97 Å². The Labute approximate surface area is 162 Å². The fraction of sp³-hybridized carbons (Fsp3) is 0. The topological polar surface area (TPSA) is 25.8 Å². The summed E-state index contributed by atoms with van der Waals surface area (Å²) in [5.41, 5.74) is 4.37. The minimum Gasteiger partial charge on any atom is -0.254 e.